The first-order valence-electron chi connectivity index (χ1n) is 9.48. The first-order chi connectivity index (χ1) is 13.6. The van der Waals surface area contributed by atoms with Crippen molar-refractivity contribution < 1.29 is 19.0 Å². The fourth-order valence-electron chi connectivity index (χ4n) is 3.17. The summed E-state index contributed by atoms with van der Waals surface area (Å²) >= 11 is 6.79. The summed E-state index contributed by atoms with van der Waals surface area (Å²) in [7, 11) is 1.61. The van der Waals surface area contributed by atoms with Gasteiger partial charge in [0.2, 0.25) is 0 Å². The number of benzene rings is 1. The third-order valence-corrected chi connectivity index (χ3v) is 6.00. The molecule has 0 unspecified atom stereocenters. The van der Waals surface area contributed by atoms with Gasteiger partial charge in [0.05, 0.1) is 31.8 Å². The van der Waals surface area contributed by atoms with Gasteiger partial charge in [-0.2, -0.15) is 0 Å². The van der Waals surface area contributed by atoms with E-state index in [9.17, 15) is 4.79 Å². The minimum Gasteiger partial charge on any atom is -0.493 e. The van der Waals surface area contributed by atoms with E-state index in [-0.39, 0.29) is 5.91 Å². The van der Waals surface area contributed by atoms with Crippen LogP contribution in [-0.4, -0.2) is 73.1 Å². The Morgan fingerprint density at radius 2 is 2.04 bits per heavy atom. The Balaban J connectivity index is 1.62. The van der Waals surface area contributed by atoms with E-state index < -0.39 is 0 Å². The minimum absolute atomic E-state index is 0.0233. The molecule has 1 amide bonds. The molecule has 0 spiro atoms. The van der Waals surface area contributed by atoms with Crippen molar-refractivity contribution in [2.75, 3.05) is 53.1 Å². The van der Waals surface area contributed by atoms with E-state index in [1.54, 1.807) is 12.0 Å². The number of hydrogen-bond acceptors (Lipinski definition) is 7. The molecule has 2 aliphatic heterocycles. The Morgan fingerprint density at radius 3 is 2.75 bits per heavy atom. The SMILES string of the molecule is CCOc1ccc(/C=C2\SC(=S)N(CCCN3CCOCC3)C2=O)cc1OC. The highest BCUT2D eigenvalue weighted by Crippen LogP contribution is 2.34. The molecule has 0 atom stereocenters. The average Bonchev–Trinajstić information content (AvgIpc) is 2.97. The quantitative estimate of drug-likeness (QED) is 0.471. The second-order valence-corrected chi connectivity index (χ2v) is 8.16. The Morgan fingerprint density at radius 1 is 1.25 bits per heavy atom. The summed E-state index contributed by atoms with van der Waals surface area (Å²) in [4.78, 5) is 17.5. The van der Waals surface area contributed by atoms with Crippen molar-refractivity contribution in [2.45, 2.75) is 13.3 Å². The summed E-state index contributed by atoms with van der Waals surface area (Å²) in [5.41, 5.74) is 0.883. The Bertz CT molecular complexity index is 748. The van der Waals surface area contributed by atoms with E-state index in [0.29, 0.717) is 33.9 Å². The molecule has 0 aromatic heterocycles. The van der Waals surface area contributed by atoms with E-state index in [0.717, 1.165) is 44.8 Å². The van der Waals surface area contributed by atoms with E-state index in [4.69, 9.17) is 26.4 Å². The van der Waals surface area contributed by atoms with Gasteiger partial charge in [0.15, 0.2) is 11.5 Å². The number of hydrogen-bond donors (Lipinski definition) is 0. The number of ether oxygens (including phenoxy) is 3. The standard InChI is InChI=1S/C20H26N2O4S2/c1-3-26-16-6-5-15(13-17(16)24-2)14-18-19(23)22(20(27)28-18)8-4-7-21-9-11-25-12-10-21/h5-6,13-14H,3-4,7-12H2,1-2H3/b18-14-. The normalized spacial score (nSPS) is 19.5. The fraction of sp³-hybridized carbons (Fsp3) is 0.500. The van der Waals surface area contributed by atoms with Crippen molar-refractivity contribution in [1.29, 1.82) is 0 Å². The lowest BCUT2D eigenvalue weighted by Crippen LogP contribution is -2.38. The van der Waals surface area contributed by atoms with Crippen LogP contribution in [0.15, 0.2) is 23.1 Å². The van der Waals surface area contributed by atoms with E-state index in [2.05, 4.69) is 4.90 Å². The van der Waals surface area contributed by atoms with Gasteiger partial charge in [-0.05, 0) is 37.1 Å². The third kappa shape index (κ3) is 5.26. The second kappa shape index (κ2) is 10.2. The summed E-state index contributed by atoms with van der Waals surface area (Å²) in [6, 6.07) is 5.64. The molecule has 0 bridgehead atoms. The molecule has 0 saturated carbocycles. The molecule has 3 rings (SSSR count). The van der Waals surface area contributed by atoms with Crippen LogP contribution in [0.4, 0.5) is 0 Å². The molecule has 0 aliphatic carbocycles. The first-order valence-corrected chi connectivity index (χ1v) is 10.7. The maximum Gasteiger partial charge on any atom is 0.266 e. The molecule has 0 N–H and O–H groups in total. The Kier molecular flexibility index (Phi) is 7.73. The summed E-state index contributed by atoms with van der Waals surface area (Å²) in [5, 5.41) is 0. The number of nitrogens with zero attached hydrogens (tertiary/aromatic N) is 2. The number of carbonyl (C=O) groups excluding carboxylic acids is 1. The molecule has 28 heavy (non-hydrogen) atoms. The zero-order valence-corrected chi connectivity index (χ0v) is 17.9. The molecule has 2 heterocycles. The van der Waals surface area contributed by atoms with Crippen molar-refractivity contribution >= 4 is 40.3 Å². The molecule has 6 nitrogen and oxygen atoms in total. The van der Waals surface area contributed by atoms with Crippen molar-refractivity contribution in [3.8, 4) is 11.5 Å². The molecule has 152 valence electrons. The van der Waals surface area contributed by atoms with E-state index in [1.165, 1.54) is 11.8 Å². The van der Waals surface area contributed by atoms with Gasteiger partial charge in [-0.15, -0.1) is 0 Å². The van der Waals surface area contributed by atoms with E-state index in [1.807, 2.05) is 31.2 Å². The number of thioether (sulfide) groups is 1. The van der Waals surface area contributed by atoms with Crippen LogP contribution in [0.2, 0.25) is 0 Å². The maximum absolute atomic E-state index is 12.8. The van der Waals surface area contributed by atoms with Gasteiger partial charge in [0.1, 0.15) is 4.32 Å². The monoisotopic (exact) mass is 422 g/mol. The summed E-state index contributed by atoms with van der Waals surface area (Å²) in [6.07, 6.45) is 2.76. The lowest BCUT2D eigenvalue weighted by molar-refractivity contribution is -0.122. The molecule has 2 fully saturated rings. The molecule has 2 aliphatic rings. The van der Waals surface area contributed by atoms with Gasteiger partial charge in [-0.1, -0.05) is 30.0 Å². The maximum atomic E-state index is 12.8. The van der Waals surface area contributed by atoms with Gasteiger partial charge in [0, 0.05) is 26.2 Å². The first kappa shape index (κ1) is 21.1. The summed E-state index contributed by atoms with van der Waals surface area (Å²) in [5.74, 6) is 1.32. The van der Waals surface area contributed by atoms with Crippen LogP contribution < -0.4 is 9.47 Å². The Labute approximate surface area is 175 Å². The zero-order valence-electron chi connectivity index (χ0n) is 16.3. The smallest absolute Gasteiger partial charge is 0.266 e. The van der Waals surface area contributed by atoms with Crippen LogP contribution in [0.1, 0.15) is 18.9 Å². The summed E-state index contributed by atoms with van der Waals surface area (Å²) in [6.45, 7) is 7.58. The average molecular weight is 423 g/mol. The Hall–Kier alpha value is -1.61. The molecule has 2 saturated heterocycles. The predicted octanol–water partition coefficient (Wildman–Crippen LogP) is 3.02. The van der Waals surface area contributed by atoms with Gasteiger partial charge < -0.3 is 14.2 Å². The molecule has 1 aromatic rings. The lowest BCUT2D eigenvalue weighted by Gasteiger charge is -2.27. The van der Waals surface area contributed by atoms with Gasteiger partial charge in [-0.3, -0.25) is 14.6 Å². The van der Waals surface area contributed by atoms with E-state index >= 15 is 0 Å². The van der Waals surface area contributed by atoms with Gasteiger partial charge in [-0.25, -0.2) is 0 Å². The predicted molar refractivity (Wildman–Crippen MR) is 116 cm³/mol. The fourth-order valence-corrected chi connectivity index (χ4v) is 4.48. The van der Waals surface area contributed by atoms with Crippen molar-refractivity contribution in [1.82, 2.24) is 9.80 Å². The van der Waals surface area contributed by atoms with Crippen LogP contribution >= 0.6 is 24.0 Å². The van der Waals surface area contributed by atoms with Crippen LogP contribution in [0.25, 0.3) is 6.08 Å². The van der Waals surface area contributed by atoms with Crippen LogP contribution in [0, 0.1) is 0 Å². The molecule has 0 radical (unpaired) electrons. The zero-order chi connectivity index (χ0) is 19.9. The van der Waals surface area contributed by atoms with Crippen LogP contribution in [-0.2, 0) is 9.53 Å². The van der Waals surface area contributed by atoms with Crippen LogP contribution in [0.3, 0.4) is 0 Å². The number of methoxy groups -OCH3 is 1. The molecular formula is C20H26N2O4S2. The highest BCUT2D eigenvalue weighted by atomic mass is 32.2. The van der Waals surface area contributed by atoms with Crippen molar-refractivity contribution in [2.24, 2.45) is 0 Å². The third-order valence-electron chi connectivity index (χ3n) is 4.62. The number of thiocarbonyl (C=S) groups is 1. The van der Waals surface area contributed by atoms with Gasteiger partial charge >= 0.3 is 0 Å². The number of carbonyl (C=O) groups is 1. The molecular weight excluding hydrogens is 396 g/mol. The summed E-state index contributed by atoms with van der Waals surface area (Å²) < 4.78 is 16.9. The lowest BCUT2D eigenvalue weighted by atomic mass is 10.2. The van der Waals surface area contributed by atoms with Crippen molar-refractivity contribution in [3.05, 3.63) is 28.7 Å². The number of rotatable bonds is 8. The van der Waals surface area contributed by atoms with Crippen LogP contribution in [0.5, 0.6) is 11.5 Å². The van der Waals surface area contributed by atoms with Crippen molar-refractivity contribution in [3.63, 3.8) is 0 Å². The number of morpholine rings is 1. The number of amides is 1. The largest absolute Gasteiger partial charge is 0.493 e. The highest BCUT2D eigenvalue weighted by molar-refractivity contribution is 8.26. The molecule has 8 heteroatoms. The second-order valence-electron chi connectivity index (χ2n) is 6.48. The minimum atomic E-state index is -0.0233. The molecule has 1 aromatic carbocycles. The highest BCUT2D eigenvalue weighted by Gasteiger charge is 2.31. The topological polar surface area (TPSA) is 51.2 Å². The van der Waals surface area contributed by atoms with Gasteiger partial charge in [0.25, 0.3) is 5.91 Å².